The Kier molecular flexibility index (Phi) is 4.99. The van der Waals surface area contributed by atoms with Crippen LogP contribution in [0.3, 0.4) is 0 Å². The summed E-state index contributed by atoms with van der Waals surface area (Å²) >= 11 is 5.85. The van der Waals surface area contributed by atoms with Crippen LogP contribution in [-0.2, 0) is 11.3 Å². The Morgan fingerprint density at radius 2 is 2.00 bits per heavy atom. The molecule has 0 aliphatic heterocycles. The molecule has 134 valence electrons. The molecular formula is C16H15ClN6O3. The molecule has 2 heterocycles. The summed E-state index contributed by atoms with van der Waals surface area (Å²) in [7, 11) is 0. The van der Waals surface area contributed by atoms with E-state index in [0.29, 0.717) is 11.6 Å². The summed E-state index contributed by atoms with van der Waals surface area (Å²) in [6.07, 6.45) is 2.82. The zero-order valence-corrected chi connectivity index (χ0v) is 14.5. The van der Waals surface area contributed by atoms with Crippen molar-refractivity contribution in [3.05, 3.63) is 59.1 Å². The first-order valence-electron chi connectivity index (χ1n) is 7.65. The summed E-state index contributed by atoms with van der Waals surface area (Å²) in [6, 6.07) is 7.79. The van der Waals surface area contributed by atoms with Crippen LogP contribution in [0.2, 0.25) is 5.02 Å². The molecule has 10 heteroatoms. The van der Waals surface area contributed by atoms with Crippen LogP contribution in [0, 0.1) is 0 Å². The highest BCUT2D eigenvalue weighted by Crippen LogP contribution is 2.13. The van der Waals surface area contributed by atoms with Crippen molar-refractivity contribution in [2.45, 2.75) is 19.5 Å². The fourth-order valence-electron chi connectivity index (χ4n) is 2.32. The quantitative estimate of drug-likeness (QED) is 0.682. The van der Waals surface area contributed by atoms with E-state index in [-0.39, 0.29) is 11.6 Å². The van der Waals surface area contributed by atoms with Crippen molar-refractivity contribution in [1.29, 1.82) is 0 Å². The van der Waals surface area contributed by atoms with Gasteiger partial charge in [-0.2, -0.15) is 5.10 Å². The van der Waals surface area contributed by atoms with Gasteiger partial charge in [0.15, 0.2) is 0 Å². The van der Waals surface area contributed by atoms with Gasteiger partial charge in [-0.05, 0) is 30.7 Å². The topological polar surface area (TPSA) is 115 Å². The maximum absolute atomic E-state index is 12.3. The van der Waals surface area contributed by atoms with E-state index in [1.54, 1.807) is 23.7 Å². The minimum absolute atomic E-state index is 0.0751. The number of nitrogens with zero attached hydrogens (tertiary/aromatic N) is 5. The summed E-state index contributed by atoms with van der Waals surface area (Å²) < 4.78 is 2.70. The minimum atomic E-state index is -1.16. The van der Waals surface area contributed by atoms with Crippen molar-refractivity contribution in [3.63, 3.8) is 0 Å². The molecule has 1 aromatic carbocycles. The summed E-state index contributed by atoms with van der Waals surface area (Å²) in [6.45, 7) is 2.01. The number of aromatic carboxylic acids is 1. The van der Waals surface area contributed by atoms with Crippen molar-refractivity contribution in [2.24, 2.45) is 0 Å². The van der Waals surface area contributed by atoms with Gasteiger partial charge in [0.1, 0.15) is 18.1 Å². The van der Waals surface area contributed by atoms with Crippen molar-refractivity contribution < 1.29 is 14.7 Å². The van der Waals surface area contributed by atoms with Crippen LogP contribution in [0.5, 0.6) is 0 Å². The Labute approximate surface area is 153 Å². The predicted molar refractivity (Wildman–Crippen MR) is 93.1 cm³/mol. The lowest BCUT2D eigenvalue weighted by atomic mass is 10.2. The Hall–Kier alpha value is -3.20. The van der Waals surface area contributed by atoms with E-state index in [9.17, 15) is 9.59 Å². The average molecular weight is 375 g/mol. The number of halogens is 1. The van der Waals surface area contributed by atoms with E-state index in [2.05, 4.69) is 20.5 Å². The number of carboxylic acid groups (broad SMARTS) is 1. The van der Waals surface area contributed by atoms with Gasteiger partial charge in [-0.3, -0.25) is 10.1 Å². The maximum Gasteiger partial charge on any atom is 0.354 e. The van der Waals surface area contributed by atoms with Crippen LogP contribution in [0.1, 0.15) is 29.0 Å². The first-order chi connectivity index (χ1) is 12.4. The third kappa shape index (κ3) is 3.89. The fourth-order valence-corrected chi connectivity index (χ4v) is 2.45. The molecule has 26 heavy (non-hydrogen) atoms. The van der Waals surface area contributed by atoms with Crippen molar-refractivity contribution >= 4 is 29.4 Å². The van der Waals surface area contributed by atoms with Crippen LogP contribution in [0.25, 0.3) is 0 Å². The SMILES string of the molecule is CC(C(=O)Nc1ncn(Cc2ccc(Cl)cc2)n1)n1nccc1C(=O)O. The number of carbonyl (C=O) groups is 2. The molecule has 0 radical (unpaired) electrons. The number of hydrogen-bond acceptors (Lipinski definition) is 5. The van der Waals surface area contributed by atoms with Crippen LogP contribution in [0.15, 0.2) is 42.9 Å². The van der Waals surface area contributed by atoms with Crippen molar-refractivity contribution in [1.82, 2.24) is 24.5 Å². The molecule has 1 unspecified atom stereocenters. The van der Waals surface area contributed by atoms with E-state index in [4.69, 9.17) is 16.7 Å². The number of rotatable bonds is 6. The highest BCUT2D eigenvalue weighted by atomic mass is 35.5. The first-order valence-corrected chi connectivity index (χ1v) is 8.03. The van der Waals surface area contributed by atoms with E-state index in [1.165, 1.54) is 18.6 Å². The van der Waals surface area contributed by atoms with E-state index in [0.717, 1.165) is 10.2 Å². The van der Waals surface area contributed by atoms with Gasteiger partial charge in [0, 0.05) is 11.2 Å². The molecule has 3 rings (SSSR count). The molecule has 1 amide bonds. The molecule has 0 aliphatic rings. The van der Waals surface area contributed by atoms with Crippen molar-refractivity contribution in [3.8, 4) is 0 Å². The zero-order valence-electron chi connectivity index (χ0n) is 13.7. The number of hydrogen-bond donors (Lipinski definition) is 2. The number of carboxylic acids is 1. The van der Waals surface area contributed by atoms with E-state index in [1.807, 2.05) is 12.1 Å². The molecule has 1 atom stereocenters. The average Bonchev–Trinajstić information content (AvgIpc) is 3.25. The van der Waals surface area contributed by atoms with Gasteiger partial charge < -0.3 is 5.11 Å². The standard InChI is InChI=1S/C16H15ClN6O3/c1-10(23-13(15(25)26)6-7-19-23)14(24)20-16-18-9-22(21-16)8-11-2-4-12(17)5-3-11/h2-7,9-10H,8H2,1H3,(H,25,26)(H,20,21,24). The van der Waals surface area contributed by atoms with Crippen molar-refractivity contribution in [2.75, 3.05) is 5.32 Å². The lowest BCUT2D eigenvalue weighted by molar-refractivity contribution is -0.119. The second-order valence-electron chi connectivity index (χ2n) is 5.52. The maximum atomic E-state index is 12.3. The van der Waals surface area contributed by atoms with Gasteiger partial charge in [-0.15, -0.1) is 5.10 Å². The van der Waals surface area contributed by atoms with E-state index < -0.39 is 17.9 Å². The molecule has 0 saturated carbocycles. The van der Waals surface area contributed by atoms with Crippen LogP contribution in [0.4, 0.5) is 5.95 Å². The molecule has 2 aromatic heterocycles. The van der Waals surface area contributed by atoms with Crippen LogP contribution >= 0.6 is 11.6 Å². The molecule has 9 nitrogen and oxygen atoms in total. The van der Waals surface area contributed by atoms with Gasteiger partial charge in [0.2, 0.25) is 5.95 Å². The predicted octanol–water partition coefficient (Wildman–Crippen LogP) is 2.07. The smallest absolute Gasteiger partial charge is 0.354 e. The molecule has 0 bridgehead atoms. The summed E-state index contributed by atoms with van der Waals surface area (Å²) in [5.74, 6) is -1.51. The normalized spacial score (nSPS) is 11.9. The van der Waals surface area contributed by atoms with Crippen LogP contribution in [-0.4, -0.2) is 41.5 Å². The van der Waals surface area contributed by atoms with Gasteiger partial charge in [0.25, 0.3) is 5.91 Å². The zero-order chi connectivity index (χ0) is 18.7. The molecule has 0 aliphatic carbocycles. The van der Waals surface area contributed by atoms with Gasteiger partial charge in [-0.25, -0.2) is 19.1 Å². The third-order valence-electron chi connectivity index (χ3n) is 3.67. The molecule has 2 N–H and O–H groups in total. The van der Waals surface area contributed by atoms with Crippen LogP contribution < -0.4 is 5.32 Å². The van der Waals surface area contributed by atoms with E-state index >= 15 is 0 Å². The van der Waals surface area contributed by atoms with Gasteiger partial charge >= 0.3 is 5.97 Å². The number of benzene rings is 1. The van der Waals surface area contributed by atoms with Gasteiger partial charge in [0.05, 0.1) is 6.54 Å². The molecule has 0 saturated heterocycles. The lowest BCUT2D eigenvalue weighted by Crippen LogP contribution is -2.27. The second kappa shape index (κ2) is 7.36. The number of aromatic nitrogens is 5. The summed E-state index contributed by atoms with van der Waals surface area (Å²) in [4.78, 5) is 27.5. The fraction of sp³-hybridized carbons (Fsp3) is 0.188. The second-order valence-corrected chi connectivity index (χ2v) is 5.96. The number of carbonyl (C=O) groups excluding carboxylic acids is 1. The van der Waals surface area contributed by atoms with Gasteiger partial charge in [-0.1, -0.05) is 23.7 Å². The lowest BCUT2D eigenvalue weighted by Gasteiger charge is -2.12. The monoisotopic (exact) mass is 374 g/mol. The molecule has 0 fully saturated rings. The summed E-state index contributed by atoms with van der Waals surface area (Å²) in [5, 5.41) is 20.4. The third-order valence-corrected chi connectivity index (χ3v) is 3.92. The highest BCUT2D eigenvalue weighted by molar-refractivity contribution is 6.30. The minimum Gasteiger partial charge on any atom is -0.477 e. The molecular weight excluding hydrogens is 360 g/mol. The Morgan fingerprint density at radius 3 is 2.69 bits per heavy atom. The number of amides is 1. The Balaban J connectivity index is 1.66. The number of nitrogens with one attached hydrogen (secondary N) is 1. The Morgan fingerprint density at radius 1 is 1.27 bits per heavy atom. The largest absolute Gasteiger partial charge is 0.477 e. The summed E-state index contributed by atoms with van der Waals surface area (Å²) in [5.41, 5.74) is 0.905. The number of anilines is 1. The molecule has 0 spiro atoms. The Bertz CT molecular complexity index is 934. The highest BCUT2D eigenvalue weighted by Gasteiger charge is 2.22. The first kappa shape index (κ1) is 17.6. The molecule has 3 aromatic rings.